The minimum absolute atomic E-state index is 0.332. The second-order valence-corrected chi connectivity index (χ2v) is 4.23. The number of halogens is 2. The van der Waals surface area contributed by atoms with Gasteiger partial charge in [0, 0.05) is 17.0 Å². The Kier molecular flexibility index (Phi) is 2.43. The van der Waals surface area contributed by atoms with Gasteiger partial charge in [0.05, 0.1) is 5.69 Å². The van der Waals surface area contributed by atoms with Gasteiger partial charge in [-0.3, -0.25) is 0 Å². The van der Waals surface area contributed by atoms with Crippen molar-refractivity contribution in [2.45, 2.75) is 0 Å². The van der Waals surface area contributed by atoms with E-state index in [2.05, 4.69) is 4.98 Å². The van der Waals surface area contributed by atoms with Gasteiger partial charge in [-0.05, 0) is 24.4 Å². The number of nitrogens with one attached hydrogen (secondary N) is 1. The number of H-pyrrole nitrogens is 1. The van der Waals surface area contributed by atoms with Gasteiger partial charge in [0.2, 0.25) is 0 Å². The molecule has 0 spiro atoms. The molecule has 1 aromatic heterocycles. The van der Waals surface area contributed by atoms with Crippen molar-refractivity contribution in [3.05, 3.63) is 39.2 Å². The molecule has 0 bridgehead atoms. The first-order valence-corrected chi connectivity index (χ1v) is 5.09. The molecule has 0 radical (unpaired) electrons. The molecule has 0 saturated heterocycles. The first-order valence-electron chi connectivity index (χ1n) is 3.80. The Balaban J connectivity index is 2.57. The summed E-state index contributed by atoms with van der Waals surface area (Å²) in [5.74, 6) is -1.17. The van der Waals surface area contributed by atoms with Crippen molar-refractivity contribution in [1.29, 1.82) is 0 Å². The largest absolute Gasteiger partial charge is 0.337 e. The van der Waals surface area contributed by atoms with Crippen LogP contribution >= 0.6 is 23.6 Å². The molecular formula is C9H5F2NS2. The molecule has 0 atom stereocenters. The molecule has 0 aliphatic rings. The number of benzene rings is 1. The van der Waals surface area contributed by atoms with Crippen LogP contribution in [0.2, 0.25) is 0 Å². The van der Waals surface area contributed by atoms with Crippen LogP contribution in [0.15, 0.2) is 23.6 Å². The van der Waals surface area contributed by atoms with E-state index in [0.717, 1.165) is 6.07 Å². The van der Waals surface area contributed by atoms with E-state index in [9.17, 15) is 8.78 Å². The number of aromatic nitrogens is 1. The highest BCUT2D eigenvalue weighted by molar-refractivity contribution is 7.73. The quantitative estimate of drug-likeness (QED) is 0.736. The highest BCUT2D eigenvalue weighted by atomic mass is 32.1. The molecule has 0 unspecified atom stereocenters. The van der Waals surface area contributed by atoms with Crippen LogP contribution in [0.5, 0.6) is 0 Å². The predicted octanol–water partition coefficient (Wildman–Crippen LogP) is 3.75. The Morgan fingerprint density at radius 1 is 1.29 bits per heavy atom. The molecule has 72 valence electrons. The van der Waals surface area contributed by atoms with Gasteiger partial charge in [-0.25, -0.2) is 8.78 Å². The van der Waals surface area contributed by atoms with Crippen molar-refractivity contribution in [3.8, 4) is 11.3 Å². The zero-order chi connectivity index (χ0) is 10.1. The van der Waals surface area contributed by atoms with Crippen LogP contribution in [-0.4, -0.2) is 4.98 Å². The molecule has 14 heavy (non-hydrogen) atoms. The number of hydrogen-bond donors (Lipinski definition) is 1. The van der Waals surface area contributed by atoms with Gasteiger partial charge in [0.25, 0.3) is 0 Å². The fourth-order valence-corrected chi connectivity index (χ4v) is 1.95. The van der Waals surface area contributed by atoms with Crippen LogP contribution in [0.1, 0.15) is 0 Å². The summed E-state index contributed by atoms with van der Waals surface area (Å²) in [6, 6.07) is 3.45. The number of hydrogen-bond acceptors (Lipinski definition) is 2. The van der Waals surface area contributed by atoms with Crippen LogP contribution in [0, 0.1) is 15.6 Å². The molecule has 1 aromatic carbocycles. The molecular weight excluding hydrogens is 224 g/mol. The molecule has 0 amide bonds. The van der Waals surface area contributed by atoms with E-state index in [1.165, 1.54) is 23.5 Å². The summed E-state index contributed by atoms with van der Waals surface area (Å²) < 4.78 is 26.4. The van der Waals surface area contributed by atoms with Gasteiger partial charge in [-0.2, -0.15) is 0 Å². The highest BCUT2D eigenvalue weighted by Gasteiger charge is 2.06. The highest BCUT2D eigenvalue weighted by Crippen LogP contribution is 2.23. The van der Waals surface area contributed by atoms with E-state index in [1.807, 2.05) is 0 Å². The summed E-state index contributed by atoms with van der Waals surface area (Å²) in [5.41, 5.74) is 0.913. The van der Waals surface area contributed by atoms with Gasteiger partial charge in [0.1, 0.15) is 11.6 Å². The van der Waals surface area contributed by atoms with Crippen molar-refractivity contribution in [1.82, 2.24) is 4.98 Å². The van der Waals surface area contributed by atoms with Crippen molar-refractivity contribution >= 4 is 23.6 Å². The zero-order valence-corrected chi connectivity index (χ0v) is 8.51. The lowest BCUT2D eigenvalue weighted by Gasteiger charge is -1.99. The van der Waals surface area contributed by atoms with Crippen LogP contribution in [-0.2, 0) is 0 Å². The zero-order valence-electron chi connectivity index (χ0n) is 6.88. The molecule has 5 heteroatoms. The fourth-order valence-electron chi connectivity index (χ4n) is 1.12. The van der Waals surface area contributed by atoms with E-state index >= 15 is 0 Å². The third-order valence-corrected chi connectivity index (χ3v) is 2.80. The summed E-state index contributed by atoms with van der Waals surface area (Å²) in [7, 11) is 0. The van der Waals surface area contributed by atoms with Gasteiger partial charge >= 0.3 is 0 Å². The molecule has 1 heterocycles. The second kappa shape index (κ2) is 3.59. The van der Waals surface area contributed by atoms with Crippen LogP contribution < -0.4 is 0 Å². The molecule has 0 saturated carbocycles. The Morgan fingerprint density at radius 3 is 2.64 bits per heavy atom. The Hall–Kier alpha value is -1.07. The lowest BCUT2D eigenvalue weighted by Crippen LogP contribution is -1.85. The number of thiazole rings is 1. The van der Waals surface area contributed by atoms with Gasteiger partial charge < -0.3 is 4.98 Å². The fraction of sp³-hybridized carbons (Fsp3) is 0. The lowest BCUT2D eigenvalue weighted by molar-refractivity contribution is 0.585. The summed E-state index contributed by atoms with van der Waals surface area (Å²) in [6.45, 7) is 0. The second-order valence-electron chi connectivity index (χ2n) is 2.69. The summed E-state index contributed by atoms with van der Waals surface area (Å²) in [6.07, 6.45) is 0. The van der Waals surface area contributed by atoms with E-state index in [1.54, 1.807) is 5.38 Å². The summed E-state index contributed by atoms with van der Waals surface area (Å²) in [5, 5.41) is 1.71. The normalized spacial score (nSPS) is 10.4. The monoisotopic (exact) mass is 229 g/mol. The van der Waals surface area contributed by atoms with Gasteiger partial charge in [-0.1, -0.05) is 0 Å². The van der Waals surface area contributed by atoms with E-state index in [-0.39, 0.29) is 0 Å². The van der Waals surface area contributed by atoms with Crippen molar-refractivity contribution in [3.63, 3.8) is 0 Å². The lowest BCUT2D eigenvalue weighted by atomic mass is 10.1. The van der Waals surface area contributed by atoms with Gasteiger partial charge in [0.15, 0.2) is 3.95 Å². The number of aromatic amines is 1. The molecule has 0 fully saturated rings. The first kappa shape index (κ1) is 9.48. The average molecular weight is 229 g/mol. The summed E-state index contributed by atoms with van der Waals surface area (Å²) in [4.78, 5) is 2.82. The topological polar surface area (TPSA) is 15.8 Å². The minimum atomic E-state index is -0.589. The standard InChI is InChI=1S/C9H5F2NS2/c10-5-1-2-6(7(11)3-5)8-4-14-9(13)12-8/h1-4H,(H,12,13). The first-order chi connectivity index (χ1) is 6.66. The van der Waals surface area contributed by atoms with Crippen LogP contribution in [0.4, 0.5) is 8.78 Å². The van der Waals surface area contributed by atoms with Crippen LogP contribution in [0.25, 0.3) is 11.3 Å². The van der Waals surface area contributed by atoms with E-state index in [0.29, 0.717) is 15.2 Å². The molecule has 1 N–H and O–H groups in total. The SMILES string of the molecule is Fc1ccc(-c2csc(=S)[nH]2)c(F)c1. The molecule has 2 aromatic rings. The molecule has 1 nitrogen and oxygen atoms in total. The average Bonchev–Trinajstić information content (AvgIpc) is 2.51. The van der Waals surface area contributed by atoms with Crippen molar-refractivity contribution in [2.24, 2.45) is 0 Å². The number of rotatable bonds is 1. The summed E-state index contributed by atoms with van der Waals surface area (Å²) >= 11 is 6.18. The molecule has 0 aliphatic heterocycles. The van der Waals surface area contributed by atoms with Crippen molar-refractivity contribution < 1.29 is 8.78 Å². The minimum Gasteiger partial charge on any atom is -0.337 e. The van der Waals surface area contributed by atoms with Crippen LogP contribution in [0.3, 0.4) is 0 Å². The maximum absolute atomic E-state index is 13.3. The predicted molar refractivity (Wildman–Crippen MR) is 54.9 cm³/mol. The molecule has 2 rings (SSSR count). The maximum Gasteiger partial charge on any atom is 0.158 e. The Morgan fingerprint density at radius 2 is 2.07 bits per heavy atom. The van der Waals surface area contributed by atoms with Gasteiger partial charge in [-0.15, -0.1) is 11.3 Å². The van der Waals surface area contributed by atoms with E-state index < -0.39 is 11.6 Å². The van der Waals surface area contributed by atoms with Crippen molar-refractivity contribution in [2.75, 3.05) is 0 Å². The molecule has 0 aliphatic carbocycles. The third-order valence-electron chi connectivity index (χ3n) is 1.74. The third kappa shape index (κ3) is 1.73. The Bertz CT molecular complexity index is 516. The van der Waals surface area contributed by atoms with E-state index in [4.69, 9.17) is 12.2 Å². The maximum atomic E-state index is 13.3. The Labute approximate surface area is 88.0 Å². The smallest absolute Gasteiger partial charge is 0.158 e.